The zero-order valence-electron chi connectivity index (χ0n) is 14.5. The number of benzene rings is 2. The molecule has 0 fully saturated rings. The van der Waals surface area contributed by atoms with E-state index in [1.807, 2.05) is 31.2 Å². The summed E-state index contributed by atoms with van der Waals surface area (Å²) in [6, 6.07) is 14.9. The predicted molar refractivity (Wildman–Crippen MR) is 97.7 cm³/mol. The molecule has 0 aliphatic rings. The van der Waals surface area contributed by atoms with Crippen molar-refractivity contribution in [1.82, 2.24) is 10.6 Å². The third-order valence-electron chi connectivity index (χ3n) is 3.35. The second kappa shape index (κ2) is 9.32. The highest BCUT2D eigenvalue weighted by molar-refractivity contribution is 5.88. The largest absolute Gasteiger partial charge is 0.492 e. The monoisotopic (exact) mass is 341 g/mol. The average molecular weight is 341 g/mol. The lowest BCUT2D eigenvalue weighted by Gasteiger charge is -2.10. The van der Waals surface area contributed by atoms with Crippen molar-refractivity contribution >= 4 is 17.6 Å². The van der Waals surface area contributed by atoms with Gasteiger partial charge in [0.25, 0.3) is 0 Å². The van der Waals surface area contributed by atoms with Crippen LogP contribution in [0.1, 0.15) is 18.1 Å². The molecule has 0 saturated heterocycles. The first kappa shape index (κ1) is 18.3. The van der Waals surface area contributed by atoms with Crippen molar-refractivity contribution in [2.75, 3.05) is 18.5 Å². The summed E-state index contributed by atoms with van der Waals surface area (Å²) in [7, 11) is 0. The molecule has 0 aliphatic carbocycles. The standard InChI is InChI=1S/C19H23N3O3/c1-14-5-3-6-16(11-14)13-21-19(24)20-9-10-25-18-8-4-7-17(12-18)22-15(2)23/h3-8,11-12H,9-10,13H2,1-2H3,(H,22,23)(H2,20,21,24). The van der Waals surface area contributed by atoms with Gasteiger partial charge in [0.05, 0.1) is 6.54 Å². The molecule has 2 aromatic rings. The van der Waals surface area contributed by atoms with E-state index < -0.39 is 0 Å². The van der Waals surface area contributed by atoms with Crippen LogP contribution in [0.2, 0.25) is 0 Å². The Labute approximate surface area is 147 Å². The quantitative estimate of drug-likeness (QED) is 0.678. The first-order valence-corrected chi connectivity index (χ1v) is 8.10. The Balaban J connectivity index is 1.67. The van der Waals surface area contributed by atoms with Crippen LogP contribution in [0.5, 0.6) is 5.75 Å². The van der Waals surface area contributed by atoms with Crippen molar-refractivity contribution in [3.05, 3.63) is 59.7 Å². The van der Waals surface area contributed by atoms with E-state index in [0.717, 1.165) is 11.1 Å². The van der Waals surface area contributed by atoms with E-state index in [1.54, 1.807) is 24.3 Å². The van der Waals surface area contributed by atoms with Crippen LogP contribution in [-0.2, 0) is 11.3 Å². The van der Waals surface area contributed by atoms with Gasteiger partial charge in [-0.05, 0) is 24.6 Å². The molecule has 0 spiro atoms. The highest BCUT2D eigenvalue weighted by atomic mass is 16.5. The number of anilines is 1. The van der Waals surface area contributed by atoms with Crippen LogP contribution in [0.4, 0.5) is 10.5 Å². The van der Waals surface area contributed by atoms with Crippen LogP contribution < -0.4 is 20.7 Å². The van der Waals surface area contributed by atoms with Gasteiger partial charge in [0.2, 0.25) is 5.91 Å². The van der Waals surface area contributed by atoms with E-state index in [1.165, 1.54) is 6.92 Å². The fourth-order valence-corrected chi connectivity index (χ4v) is 2.27. The molecular formula is C19H23N3O3. The Morgan fingerprint density at radius 1 is 1.04 bits per heavy atom. The van der Waals surface area contributed by atoms with E-state index in [0.29, 0.717) is 31.1 Å². The van der Waals surface area contributed by atoms with E-state index in [-0.39, 0.29) is 11.9 Å². The molecule has 0 bridgehead atoms. The number of carbonyl (C=O) groups excluding carboxylic acids is 2. The molecule has 2 aromatic carbocycles. The maximum absolute atomic E-state index is 11.8. The number of ether oxygens (including phenoxy) is 1. The second-order valence-electron chi connectivity index (χ2n) is 5.66. The van der Waals surface area contributed by atoms with Gasteiger partial charge in [-0.3, -0.25) is 4.79 Å². The number of carbonyl (C=O) groups is 2. The Kier molecular flexibility index (Phi) is 6.83. The molecule has 3 amide bonds. The van der Waals surface area contributed by atoms with Crippen LogP contribution in [0.15, 0.2) is 48.5 Å². The summed E-state index contributed by atoms with van der Waals surface area (Å²) in [5.41, 5.74) is 2.89. The van der Waals surface area contributed by atoms with Crippen molar-refractivity contribution < 1.29 is 14.3 Å². The van der Waals surface area contributed by atoms with Gasteiger partial charge < -0.3 is 20.7 Å². The molecule has 132 valence electrons. The van der Waals surface area contributed by atoms with Crippen LogP contribution in [-0.4, -0.2) is 25.1 Å². The molecular weight excluding hydrogens is 318 g/mol. The molecule has 0 saturated carbocycles. The van der Waals surface area contributed by atoms with Crippen LogP contribution in [0, 0.1) is 6.92 Å². The highest BCUT2D eigenvalue weighted by Gasteiger charge is 2.02. The lowest BCUT2D eigenvalue weighted by Crippen LogP contribution is -2.37. The van der Waals surface area contributed by atoms with E-state index in [2.05, 4.69) is 16.0 Å². The van der Waals surface area contributed by atoms with Crippen molar-refractivity contribution in [3.8, 4) is 5.75 Å². The summed E-state index contributed by atoms with van der Waals surface area (Å²) in [5.74, 6) is 0.498. The minimum Gasteiger partial charge on any atom is -0.492 e. The first-order chi connectivity index (χ1) is 12.0. The summed E-state index contributed by atoms with van der Waals surface area (Å²) in [5, 5.41) is 8.23. The Morgan fingerprint density at radius 2 is 1.84 bits per heavy atom. The van der Waals surface area contributed by atoms with Crippen LogP contribution >= 0.6 is 0 Å². The van der Waals surface area contributed by atoms with Gasteiger partial charge in [-0.25, -0.2) is 4.79 Å². The van der Waals surface area contributed by atoms with Gasteiger partial charge in [-0.2, -0.15) is 0 Å². The van der Waals surface area contributed by atoms with Gasteiger partial charge in [0, 0.05) is 25.2 Å². The number of hydrogen-bond donors (Lipinski definition) is 3. The molecule has 2 rings (SSSR count). The predicted octanol–water partition coefficient (Wildman–Crippen LogP) is 2.83. The maximum atomic E-state index is 11.8. The Bertz CT molecular complexity index is 731. The third kappa shape index (κ3) is 6.95. The Hall–Kier alpha value is -3.02. The van der Waals surface area contributed by atoms with E-state index in [4.69, 9.17) is 4.74 Å². The number of nitrogens with one attached hydrogen (secondary N) is 3. The summed E-state index contributed by atoms with van der Waals surface area (Å²) >= 11 is 0. The average Bonchev–Trinajstić information content (AvgIpc) is 2.57. The third-order valence-corrected chi connectivity index (χ3v) is 3.35. The van der Waals surface area contributed by atoms with Gasteiger partial charge in [0.15, 0.2) is 0 Å². The second-order valence-corrected chi connectivity index (χ2v) is 5.66. The van der Waals surface area contributed by atoms with Crippen LogP contribution in [0.3, 0.4) is 0 Å². The molecule has 0 atom stereocenters. The summed E-state index contributed by atoms with van der Waals surface area (Å²) < 4.78 is 5.56. The summed E-state index contributed by atoms with van der Waals surface area (Å²) in [6.45, 7) is 4.66. The Morgan fingerprint density at radius 3 is 2.60 bits per heavy atom. The maximum Gasteiger partial charge on any atom is 0.315 e. The molecule has 25 heavy (non-hydrogen) atoms. The van der Waals surface area contributed by atoms with Gasteiger partial charge in [0.1, 0.15) is 12.4 Å². The normalized spacial score (nSPS) is 10.0. The van der Waals surface area contributed by atoms with E-state index >= 15 is 0 Å². The molecule has 0 unspecified atom stereocenters. The zero-order chi connectivity index (χ0) is 18.1. The topological polar surface area (TPSA) is 79.5 Å². The zero-order valence-corrected chi connectivity index (χ0v) is 14.5. The lowest BCUT2D eigenvalue weighted by molar-refractivity contribution is -0.114. The minimum atomic E-state index is -0.239. The van der Waals surface area contributed by atoms with Crippen molar-refractivity contribution in [2.45, 2.75) is 20.4 Å². The SMILES string of the molecule is CC(=O)Nc1cccc(OCCNC(=O)NCc2cccc(C)c2)c1. The molecule has 0 aliphatic heterocycles. The van der Waals surface area contributed by atoms with Crippen molar-refractivity contribution in [2.24, 2.45) is 0 Å². The number of rotatable bonds is 7. The van der Waals surface area contributed by atoms with Crippen molar-refractivity contribution in [1.29, 1.82) is 0 Å². The number of amides is 3. The number of urea groups is 1. The fraction of sp³-hybridized carbons (Fsp3) is 0.263. The summed E-state index contributed by atoms with van der Waals surface area (Å²) in [6.07, 6.45) is 0. The molecule has 6 nitrogen and oxygen atoms in total. The van der Waals surface area contributed by atoms with Gasteiger partial charge in [-0.15, -0.1) is 0 Å². The first-order valence-electron chi connectivity index (χ1n) is 8.10. The van der Waals surface area contributed by atoms with Crippen molar-refractivity contribution in [3.63, 3.8) is 0 Å². The van der Waals surface area contributed by atoms with Crippen LogP contribution in [0.25, 0.3) is 0 Å². The minimum absolute atomic E-state index is 0.135. The lowest BCUT2D eigenvalue weighted by atomic mass is 10.1. The van der Waals surface area contributed by atoms with E-state index in [9.17, 15) is 9.59 Å². The molecule has 3 N–H and O–H groups in total. The fourth-order valence-electron chi connectivity index (χ4n) is 2.27. The smallest absolute Gasteiger partial charge is 0.315 e. The molecule has 0 aromatic heterocycles. The molecule has 0 radical (unpaired) electrons. The molecule has 0 heterocycles. The molecule has 6 heteroatoms. The van der Waals surface area contributed by atoms with Gasteiger partial charge >= 0.3 is 6.03 Å². The van der Waals surface area contributed by atoms with Gasteiger partial charge in [-0.1, -0.05) is 35.9 Å². The number of hydrogen-bond acceptors (Lipinski definition) is 3. The highest BCUT2D eigenvalue weighted by Crippen LogP contribution is 2.16. The number of aryl methyl sites for hydroxylation is 1. The summed E-state index contributed by atoms with van der Waals surface area (Å²) in [4.78, 5) is 22.8.